The van der Waals surface area contributed by atoms with Crippen molar-refractivity contribution < 1.29 is 19.4 Å². The molecule has 0 aliphatic carbocycles. The largest absolute Gasteiger partial charge is 0.504 e. The van der Waals surface area contributed by atoms with Crippen LogP contribution in [0.1, 0.15) is 10.4 Å². The molecule has 0 saturated carbocycles. The van der Waals surface area contributed by atoms with E-state index in [9.17, 15) is 14.3 Å². The molecule has 6 heteroatoms. The number of carbonyl (C=O) groups excluding carboxylic acids is 1. The second kappa shape index (κ2) is 5.16. The lowest BCUT2D eigenvalue weighted by atomic mass is 10.2. The van der Waals surface area contributed by atoms with E-state index in [-0.39, 0.29) is 22.0 Å². The molecule has 4 nitrogen and oxygen atoms in total. The van der Waals surface area contributed by atoms with Crippen molar-refractivity contribution in [3.63, 3.8) is 0 Å². The van der Waals surface area contributed by atoms with Crippen molar-refractivity contribution in [1.29, 1.82) is 0 Å². The van der Waals surface area contributed by atoms with Crippen molar-refractivity contribution in [2.24, 2.45) is 0 Å². The average molecular weight is 282 g/mol. The normalized spacial score (nSPS) is 10.2. The Hall–Kier alpha value is -2.27. The summed E-state index contributed by atoms with van der Waals surface area (Å²) in [5.74, 6) is -2.03. The van der Waals surface area contributed by atoms with Gasteiger partial charge in [0.05, 0.1) is 5.69 Å². The fourth-order valence-corrected chi connectivity index (χ4v) is 1.62. The molecule has 0 aliphatic rings. The van der Waals surface area contributed by atoms with Crippen molar-refractivity contribution >= 4 is 23.2 Å². The van der Waals surface area contributed by atoms with Gasteiger partial charge in [0.25, 0.3) is 5.91 Å². The van der Waals surface area contributed by atoms with Crippen molar-refractivity contribution in [2.75, 3.05) is 5.32 Å². The van der Waals surface area contributed by atoms with Crippen LogP contribution >= 0.6 is 11.6 Å². The number of aromatic hydroxyl groups is 2. The van der Waals surface area contributed by atoms with Gasteiger partial charge in [-0.05, 0) is 36.4 Å². The average Bonchev–Trinajstić information content (AvgIpc) is 2.37. The first-order valence-electron chi connectivity index (χ1n) is 5.26. The molecule has 0 aromatic heterocycles. The number of carbonyl (C=O) groups is 1. The van der Waals surface area contributed by atoms with E-state index >= 15 is 0 Å². The molecule has 2 aromatic carbocycles. The number of amides is 1. The summed E-state index contributed by atoms with van der Waals surface area (Å²) >= 11 is 5.70. The smallest absolute Gasteiger partial charge is 0.255 e. The van der Waals surface area contributed by atoms with E-state index < -0.39 is 17.5 Å². The van der Waals surface area contributed by atoms with Gasteiger partial charge in [0.2, 0.25) is 0 Å². The van der Waals surface area contributed by atoms with Gasteiger partial charge in [-0.25, -0.2) is 4.39 Å². The van der Waals surface area contributed by atoms with Crippen LogP contribution in [0.25, 0.3) is 0 Å². The number of phenolic OH excluding ortho intramolecular Hbond substituents is 2. The Morgan fingerprint density at radius 2 is 1.84 bits per heavy atom. The van der Waals surface area contributed by atoms with Gasteiger partial charge in [-0.3, -0.25) is 4.79 Å². The summed E-state index contributed by atoms with van der Waals surface area (Å²) in [6.45, 7) is 0. The zero-order valence-corrected chi connectivity index (χ0v) is 10.3. The molecule has 0 spiro atoms. The van der Waals surface area contributed by atoms with Gasteiger partial charge < -0.3 is 15.5 Å². The predicted octanol–water partition coefficient (Wildman–Crippen LogP) is 3.14. The third kappa shape index (κ3) is 2.95. The van der Waals surface area contributed by atoms with Crippen molar-refractivity contribution in [3.05, 3.63) is 52.8 Å². The quantitative estimate of drug-likeness (QED) is 0.741. The van der Waals surface area contributed by atoms with Crippen LogP contribution < -0.4 is 5.32 Å². The van der Waals surface area contributed by atoms with Crippen LogP contribution in [0.2, 0.25) is 5.02 Å². The van der Waals surface area contributed by atoms with E-state index in [2.05, 4.69) is 5.32 Å². The van der Waals surface area contributed by atoms with Gasteiger partial charge >= 0.3 is 0 Å². The Labute approximate surface area is 113 Å². The minimum absolute atomic E-state index is 0.0648. The second-order valence-corrected chi connectivity index (χ2v) is 4.22. The lowest BCUT2D eigenvalue weighted by Crippen LogP contribution is -2.12. The molecule has 2 aromatic rings. The second-order valence-electron chi connectivity index (χ2n) is 3.78. The van der Waals surface area contributed by atoms with Gasteiger partial charge in [-0.15, -0.1) is 0 Å². The molecule has 98 valence electrons. The van der Waals surface area contributed by atoms with E-state index in [1.165, 1.54) is 24.3 Å². The van der Waals surface area contributed by atoms with Crippen molar-refractivity contribution in [1.82, 2.24) is 0 Å². The van der Waals surface area contributed by atoms with Crippen LogP contribution in [-0.2, 0) is 0 Å². The topological polar surface area (TPSA) is 69.6 Å². The molecule has 0 heterocycles. The molecule has 19 heavy (non-hydrogen) atoms. The number of phenols is 2. The summed E-state index contributed by atoms with van der Waals surface area (Å²) in [5, 5.41) is 21.0. The number of hydrogen-bond donors (Lipinski definition) is 3. The summed E-state index contributed by atoms with van der Waals surface area (Å²) in [4.78, 5) is 11.8. The molecular formula is C13H9ClFNO3. The molecule has 0 unspecified atom stereocenters. The van der Waals surface area contributed by atoms with E-state index in [0.29, 0.717) is 0 Å². The Bertz CT molecular complexity index is 646. The molecule has 0 atom stereocenters. The minimum Gasteiger partial charge on any atom is -0.504 e. The molecule has 1 amide bonds. The third-order valence-corrected chi connectivity index (χ3v) is 2.65. The van der Waals surface area contributed by atoms with Gasteiger partial charge in [0.1, 0.15) is 5.82 Å². The Morgan fingerprint density at radius 3 is 2.53 bits per heavy atom. The summed E-state index contributed by atoms with van der Waals surface area (Å²) < 4.78 is 13.4. The molecule has 2 rings (SSSR count). The van der Waals surface area contributed by atoms with Crippen LogP contribution in [0.4, 0.5) is 10.1 Å². The van der Waals surface area contributed by atoms with Crippen LogP contribution in [0.3, 0.4) is 0 Å². The maximum absolute atomic E-state index is 13.4. The lowest BCUT2D eigenvalue weighted by molar-refractivity contribution is 0.102. The van der Waals surface area contributed by atoms with E-state index in [1.54, 1.807) is 0 Å². The van der Waals surface area contributed by atoms with E-state index in [1.807, 2.05) is 0 Å². The standard InChI is InChI=1S/C13H9ClFNO3/c14-8-2-3-9(15)10(6-8)16-13(19)7-1-4-11(17)12(18)5-7/h1-6,17-18H,(H,16,19). The van der Waals surface area contributed by atoms with Gasteiger partial charge in [0, 0.05) is 10.6 Å². The number of rotatable bonds is 2. The lowest BCUT2D eigenvalue weighted by Gasteiger charge is -2.07. The summed E-state index contributed by atoms with van der Waals surface area (Å²) in [6, 6.07) is 7.30. The van der Waals surface area contributed by atoms with Gasteiger partial charge in [-0.2, -0.15) is 0 Å². The number of halogens is 2. The van der Waals surface area contributed by atoms with Gasteiger partial charge in [-0.1, -0.05) is 11.6 Å². The highest BCUT2D eigenvalue weighted by atomic mass is 35.5. The highest BCUT2D eigenvalue weighted by Crippen LogP contribution is 2.26. The molecule has 0 aliphatic heterocycles. The third-order valence-electron chi connectivity index (χ3n) is 2.41. The molecule has 3 N–H and O–H groups in total. The highest BCUT2D eigenvalue weighted by Gasteiger charge is 2.11. The first-order valence-corrected chi connectivity index (χ1v) is 5.63. The monoisotopic (exact) mass is 281 g/mol. The molecular weight excluding hydrogens is 273 g/mol. The van der Waals surface area contributed by atoms with Crippen LogP contribution in [0, 0.1) is 5.82 Å². The van der Waals surface area contributed by atoms with Crippen molar-refractivity contribution in [3.8, 4) is 11.5 Å². The fraction of sp³-hybridized carbons (Fsp3) is 0. The Balaban J connectivity index is 2.25. The molecule has 0 fully saturated rings. The molecule has 0 bridgehead atoms. The minimum atomic E-state index is -0.628. The number of benzene rings is 2. The maximum Gasteiger partial charge on any atom is 0.255 e. The zero-order valence-electron chi connectivity index (χ0n) is 9.52. The highest BCUT2D eigenvalue weighted by molar-refractivity contribution is 6.31. The van der Waals surface area contributed by atoms with Crippen molar-refractivity contribution in [2.45, 2.75) is 0 Å². The summed E-state index contributed by atoms with van der Waals surface area (Å²) in [5.41, 5.74) is 0.0136. The van der Waals surface area contributed by atoms with E-state index in [0.717, 1.165) is 12.1 Å². The van der Waals surface area contributed by atoms with Crippen LogP contribution in [-0.4, -0.2) is 16.1 Å². The number of nitrogens with one attached hydrogen (secondary N) is 1. The Kier molecular flexibility index (Phi) is 3.57. The fourth-order valence-electron chi connectivity index (χ4n) is 1.45. The predicted molar refractivity (Wildman–Crippen MR) is 69.1 cm³/mol. The first-order chi connectivity index (χ1) is 8.97. The van der Waals surface area contributed by atoms with Crippen LogP contribution in [0.5, 0.6) is 11.5 Å². The summed E-state index contributed by atoms with van der Waals surface area (Å²) in [7, 11) is 0. The Morgan fingerprint density at radius 1 is 1.11 bits per heavy atom. The maximum atomic E-state index is 13.4. The zero-order chi connectivity index (χ0) is 14.0. The van der Waals surface area contributed by atoms with Crippen LogP contribution in [0.15, 0.2) is 36.4 Å². The van der Waals surface area contributed by atoms with E-state index in [4.69, 9.17) is 16.7 Å². The summed E-state index contributed by atoms with van der Waals surface area (Å²) in [6.07, 6.45) is 0. The SMILES string of the molecule is O=C(Nc1cc(Cl)ccc1F)c1ccc(O)c(O)c1. The number of hydrogen-bond acceptors (Lipinski definition) is 3. The molecule has 0 saturated heterocycles. The van der Waals surface area contributed by atoms with Gasteiger partial charge in [0.15, 0.2) is 11.5 Å². The number of anilines is 1. The first kappa shape index (κ1) is 13.2. The molecule has 0 radical (unpaired) electrons.